The van der Waals surface area contributed by atoms with Crippen LogP contribution in [0.5, 0.6) is 0 Å². The Morgan fingerprint density at radius 1 is 1.16 bits per heavy atom. The molecular weight excluding hydrogens is 321 g/mol. The van der Waals surface area contributed by atoms with Crippen LogP contribution in [0, 0.1) is 27.3 Å². The fourth-order valence-corrected chi connectivity index (χ4v) is 2.47. The Labute approximate surface area is 143 Å². The van der Waals surface area contributed by atoms with Crippen molar-refractivity contribution in [2.75, 3.05) is 0 Å². The minimum Gasteiger partial charge on any atom is -0.317 e. The van der Waals surface area contributed by atoms with Crippen molar-refractivity contribution in [3.8, 4) is 11.8 Å². The van der Waals surface area contributed by atoms with E-state index in [9.17, 15) is 19.8 Å². The van der Waals surface area contributed by atoms with Crippen LogP contribution in [0.4, 0.5) is 10.1 Å². The van der Waals surface area contributed by atoms with E-state index in [4.69, 9.17) is 0 Å². The number of halogens is 1. The van der Waals surface area contributed by atoms with Crippen LogP contribution in [-0.2, 0) is 0 Å². The van der Waals surface area contributed by atoms with Crippen LogP contribution in [0.3, 0.4) is 0 Å². The number of allylic oxidation sites excluding steroid dienone is 1. The van der Waals surface area contributed by atoms with Crippen LogP contribution < -0.4 is 0 Å². The first-order valence-electron chi connectivity index (χ1n) is 7.38. The zero-order valence-corrected chi connectivity index (χ0v) is 13.0. The molecule has 3 rings (SSSR count). The minimum atomic E-state index is -0.460. The van der Waals surface area contributed by atoms with Crippen molar-refractivity contribution in [3.05, 3.63) is 94.0 Å². The number of nitrogens with zero attached hydrogens (tertiary/aromatic N) is 3. The third kappa shape index (κ3) is 3.46. The molecular formula is C19H12FN3O2. The van der Waals surface area contributed by atoms with Gasteiger partial charge >= 0.3 is 0 Å². The van der Waals surface area contributed by atoms with E-state index in [1.807, 2.05) is 0 Å². The molecule has 3 aromatic rings. The third-order valence-electron chi connectivity index (χ3n) is 3.67. The fourth-order valence-electron chi connectivity index (χ4n) is 2.47. The molecule has 1 heterocycles. The molecule has 0 saturated carbocycles. The molecule has 0 N–H and O–H groups in total. The number of rotatable bonds is 4. The second-order valence-corrected chi connectivity index (χ2v) is 5.26. The molecule has 25 heavy (non-hydrogen) atoms. The van der Waals surface area contributed by atoms with Crippen molar-refractivity contribution in [2.45, 2.75) is 0 Å². The van der Waals surface area contributed by atoms with E-state index in [2.05, 4.69) is 6.07 Å². The molecule has 0 amide bonds. The second-order valence-electron chi connectivity index (χ2n) is 5.26. The average molecular weight is 333 g/mol. The molecule has 0 atom stereocenters. The summed E-state index contributed by atoms with van der Waals surface area (Å²) >= 11 is 0. The van der Waals surface area contributed by atoms with Gasteiger partial charge in [0.05, 0.1) is 16.6 Å². The summed E-state index contributed by atoms with van der Waals surface area (Å²) in [5.74, 6) is -0.413. The number of non-ortho nitro benzene ring substituents is 1. The zero-order chi connectivity index (χ0) is 17.8. The summed E-state index contributed by atoms with van der Waals surface area (Å²) in [5.41, 5.74) is 2.24. The lowest BCUT2D eigenvalue weighted by Gasteiger charge is -2.07. The van der Waals surface area contributed by atoms with Crippen molar-refractivity contribution < 1.29 is 9.31 Å². The number of hydrogen-bond donors (Lipinski definition) is 0. The minimum absolute atomic E-state index is 0.00507. The number of nitriles is 1. The molecule has 0 aliphatic rings. The molecule has 5 nitrogen and oxygen atoms in total. The van der Waals surface area contributed by atoms with Crippen LogP contribution in [-0.4, -0.2) is 9.49 Å². The topological polar surface area (TPSA) is 71.9 Å². The molecule has 0 aliphatic heterocycles. The van der Waals surface area contributed by atoms with Gasteiger partial charge < -0.3 is 4.57 Å². The van der Waals surface area contributed by atoms with Gasteiger partial charge in [-0.05, 0) is 48.0 Å². The Morgan fingerprint density at radius 2 is 1.92 bits per heavy atom. The second kappa shape index (κ2) is 6.81. The van der Waals surface area contributed by atoms with Gasteiger partial charge in [0, 0.05) is 29.7 Å². The molecule has 1 aromatic heterocycles. The van der Waals surface area contributed by atoms with Gasteiger partial charge in [0.25, 0.3) is 5.69 Å². The van der Waals surface area contributed by atoms with E-state index in [0.717, 1.165) is 5.69 Å². The number of nitro benzene ring substituents is 1. The smallest absolute Gasteiger partial charge is 0.269 e. The molecule has 0 aliphatic carbocycles. The largest absolute Gasteiger partial charge is 0.317 e. The molecule has 6 heteroatoms. The van der Waals surface area contributed by atoms with Crippen LogP contribution in [0.15, 0.2) is 66.9 Å². The van der Waals surface area contributed by atoms with Crippen LogP contribution >= 0.6 is 0 Å². The van der Waals surface area contributed by atoms with Gasteiger partial charge in [-0.15, -0.1) is 0 Å². The lowest BCUT2D eigenvalue weighted by Crippen LogP contribution is -1.96. The van der Waals surface area contributed by atoms with Crippen molar-refractivity contribution in [2.24, 2.45) is 0 Å². The van der Waals surface area contributed by atoms with E-state index >= 15 is 0 Å². The van der Waals surface area contributed by atoms with Crippen molar-refractivity contribution in [1.82, 2.24) is 4.57 Å². The Kier molecular flexibility index (Phi) is 4.40. The van der Waals surface area contributed by atoms with Crippen LogP contribution in [0.1, 0.15) is 11.3 Å². The molecule has 0 unspecified atom stereocenters. The highest BCUT2D eigenvalue weighted by atomic mass is 19.1. The Balaban J connectivity index is 2.01. The first kappa shape index (κ1) is 16.1. The predicted molar refractivity (Wildman–Crippen MR) is 92.3 cm³/mol. The quantitative estimate of drug-likeness (QED) is 0.398. The fraction of sp³-hybridized carbons (Fsp3) is 0. The first-order valence-corrected chi connectivity index (χ1v) is 7.38. The molecule has 0 spiro atoms. The Hall–Kier alpha value is -3.72. The SMILES string of the molecule is N#C/C(=C/c1cccn1-c1ccc([N+](=O)[O-])cc1)c1cccc(F)c1. The normalized spacial score (nSPS) is 11.1. The summed E-state index contributed by atoms with van der Waals surface area (Å²) in [4.78, 5) is 10.3. The average Bonchev–Trinajstić information content (AvgIpc) is 3.08. The molecule has 0 saturated heterocycles. The van der Waals surface area contributed by atoms with Gasteiger partial charge in [-0.2, -0.15) is 5.26 Å². The van der Waals surface area contributed by atoms with Crippen LogP contribution in [0.25, 0.3) is 17.3 Å². The highest BCUT2D eigenvalue weighted by Gasteiger charge is 2.08. The summed E-state index contributed by atoms with van der Waals surface area (Å²) in [5, 5.41) is 20.2. The summed E-state index contributed by atoms with van der Waals surface area (Å²) in [6.07, 6.45) is 3.43. The third-order valence-corrected chi connectivity index (χ3v) is 3.67. The maximum atomic E-state index is 13.4. The Morgan fingerprint density at radius 3 is 2.56 bits per heavy atom. The molecule has 122 valence electrons. The van der Waals surface area contributed by atoms with E-state index in [1.165, 1.54) is 24.3 Å². The van der Waals surface area contributed by atoms with Crippen LogP contribution in [0.2, 0.25) is 0 Å². The number of nitro groups is 1. The van der Waals surface area contributed by atoms with Crippen molar-refractivity contribution in [1.29, 1.82) is 5.26 Å². The van der Waals surface area contributed by atoms with Crippen molar-refractivity contribution >= 4 is 17.3 Å². The summed E-state index contributed by atoms with van der Waals surface area (Å²) in [6, 6.07) is 17.6. The van der Waals surface area contributed by atoms with Gasteiger partial charge in [0.2, 0.25) is 0 Å². The zero-order valence-electron chi connectivity index (χ0n) is 13.0. The maximum absolute atomic E-state index is 13.4. The molecule has 2 aromatic carbocycles. The number of hydrogen-bond acceptors (Lipinski definition) is 3. The lowest BCUT2D eigenvalue weighted by molar-refractivity contribution is -0.384. The van der Waals surface area contributed by atoms with Crippen molar-refractivity contribution in [3.63, 3.8) is 0 Å². The van der Waals surface area contributed by atoms with Gasteiger partial charge in [0.1, 0.15) is 5.82 Å². The monoisotopic (exact) mass is 333 g/mol. The summed E-state index contributed by atoms with van der Waals surface area (Å²) in [6.45, 7) is 0. The van der Waals surface area contributed by atoms with Gasteiger partial charge in [-0.1, -0.05) is 12.1 Å². The first-order chi connectivity index (χ1) is 12.1. The summed E-state index contributed by atoms with van der Waals surface area (Å²) in [7, 11) is 0. The van der Waals surface area contributed by atoms with Gasteiger partial charge in [-0.3, -0.25) is 10.1 Å². The number of benzene rings is 2. The number of aromatic nitrogens is 1. The summed E-state index contributed by atoms with van der Waals surface area (Å²) < 4.78 is 15.2. The predicted octanol–water partition coefficient (Wildman–Crippen LogP) is 4.59. The standard InChI is InChI=1S/C19H12FN3O2/c20-16-4-1-3-14(11-16)15(13-21)12-19-5-2-10-22(19)17-6-8-18(9-7-17)23(24)25/h1-12H/b15-12-. The molecule has 0 fully saturated rings. The molecule has 0 bridgehead atoms. The lowest BCUT2D eigenvalue weighted by atomic mass is 10.1. The van der Waals surface area contributed by atoms with E-state index in [0.29, 0.717) is 16.8 Å². The van der Waals surface area contributed by atoms with E-state index in [-0.39, 0.29) is 5.69 Å². The highest BCUT2D eigenvalue weighted by molar-refractivity contribution is 5.89. The van der Waals surface area contributed by atoms with Gasteiger partial charge in [-0.25, -0.2) is 4.39 Å². The van der Waals surface area contributed by atoms with E-state index in [1.54, 1.807) is 53.2 Å². The molecule has 0 radical (unpaired) electrons. The van der Waals surface area contributed by atoms with Gasteiger partial charge in [0.15, 0.2) is 0 Å². The maximum Gasteiger partial charge on any atom is 0.269 e. The van der Waals surface area contributed by atoms with E-state index < -0.39 is 10.7 Å². The highest BCUT2D eigenvalue weighted by Crippen LogP contribution is 2.22. The Bertz CT molecular complexity index is 998.